The molecule has 2 N–H and O–H groups in total. The largest absolute Gasteiger partial charge is 0.480 e. The Labute approximate surface area is 126 Å². The van der Waals surface area contributed by atoms with Crippen LogP contribution in [-0.4, -0.2) is 22.1 Å². The molecule has 0 aliphatic rings. The van der Waals surface area contributed by atoms with Gasteiger partial charge in [-0.25, -0.2) is 0 Å². The first kappa shape index (κ1) is 14.9. The predicted octanol–water partition coefficient (Wildman–Crippen LogP) is 3.34. The molecule has 0 spiro atoms. The summed E-state index contributed by atoms with van der Waals surface area (Å²) in [5.41, 5.74) is 1.90. The number of hydrogen-bond acceptors (Lipinski definition) is 3. The molecule has 1 unspecified atom stereocenters. The van der Waals surface area contributed by atoms with E-state index in [1.807, 2.05) is 31.2 Å². The Morgan fingerprint density at radius 1 is 1.50 bits per heavy atom. The minimum absolute atomic E-state index is 0.490. The second-order valence-corrected chi connectivity index (χ2v) is 5.62. The first-order chi connectivity index (χ1) is 9.61. The zero-order chi connectivity index (χ0) is 14.5. The highest BCUT2D eigenvalue weighted by Gasteiger charge is 2.16. The molecule has 1 atom stereocenters. The molecule has 0 aliphatic heterocycles. The van der Waals surface area contributed by atoms with E-state index in [1.54, 1.807) is 6.20 Å². The topological polar surface area (TPSA) is 62.2 Å². The van der Waals surface area contributed by atoms with Crippen LogP contribution in [0.15, 0.2) is 34.9 Å². The van der Waals surface area contributed by atoms with Gasteiger partial charge < -0.3 is 10.4 Å². The summed E-state index contributed by atoms with van der Waals surface area (Å²) in [4.78, 5) is 15.5. The summed E-state index contributed by atoms with van der Waals surface area (Å²) < 4.78 is 0.970. The molecule has 1 aromatic carbocycles. The van der Waals surface area contributed by atoms with Crippen LogP contribution in [0.2, 0.25) is 0 Å². The summed E-state index contributed by atoms with van der Waals surface area (Å²) in [6.07, 6.45) is 3.20. The van der Waals surface area contributed by atoms with Gasteiger partial charge in [-0.2, -0.15) is 0 Å². The Bertz CT molecular complexity index is 616. The number of pyridine rings is 1. The van der Waals surface area contributed by atoms with Crippen molar-refractivity contribution in [1.82, 2.24) is 10.3 Å². The van der Waals surface area contributed by atoms with Crippen molar-refractivity contribution in [2.45, 2.75) is 32.4 Å². The van der Waals surface area contributed by atoms with Gasteiger partial charge in [0, 0.05) is 22.6 Å². The van der Waals surface area contributed by atoms with Crippen LogP contribution in [-0.2, 0) is 11.3 Å². The molecule has 0 aliphatic carbocycles. The number of aromatic nitrogens is 1. The zero-order valence-electron chi connectivity index (χ0n) is 11.3. The van der Waals surface area contributed by atoms with Crippen molar-refractivity contribution in [3.63, 3.8) is 0 Å². The maximum absolute atomic E-state index is 11.2. The maximum atomic E-state index is 11.2. The van der Waals surface area contributed by atoms with E-state index in [0.29, 0.717) is 13.0 Å². The number of nitrogens with one attached hydrogen (secondary N) is 1. The molecule has 2 aromatic rings. The molecule has 0 radical (unpaired) electrons. The van der Waals surface area contributed by atoms with Crippen LogP contribution < -0.4 is 5.32 Å². The van der Waals surface area contributed by atoms with Gasteiger partial charge in [-0.05, 0) is 30.2 Å². The second kappa shape index (κ2) is 6.81. The van der Waals surface area contributed by atoms with Crippen LogP contribution in [0.4, 0.5) is 0 Å². The number of carbonyl (C=O) groups is 1. The van der Waals surface area contributed by atoms with Crippen molar-refractivity contribution in [3.05, 3.63) is 40.5 Å². The highest BCUT2D eigenvalue weighted by molar-refractivity contribution is 9.10. The van der Waals surface area contributed by atoms with Crippen molar-refractivity contribution in [2.24, 2.45) is 0 Å². The second-order valence-electron chi connectivity index (χ2n) is 4.70. The number of hydrogen-bond donors (Lipinski definition) is 2. The van der Waals surface area contributed by atoms with E-state index in [-0.39, 0.29) is 0 Å². The van der Waals surface area contributed by atoms with Gasteiger partial charge in [-0.3, -0.25) is 9.78 Å². The van der Waals surface area contributed by atoms with Gasteiger partial charge in [-0.15, -0.1) is 0 Å². The Hall–Kier alpha value is -1.46. The van der Waals surface area contributed by atoms with Gasteiger partial charge in [-0.1, -0.05) is 35.3 Å². The summed E-state index contributed by atoms with van der Waals surface area (Å²) in [7, 11) is 0. The van der Waals surface area contributed by atoms with Gasteiger partial charge in [0.05, 0.1) is 5.52 Å². The van der Waals surface area contributed by atoms with Crippen LogP contribution in [0.5, 0.6) is 0 Å². The van der Waals surface area contributed by atoms with Crippen LogP contribution >= 0.6 is 15.9 Å². The first-order valence-corrected chi connectivity index (χ1v) is 7.40. The quantitative estimate of drug-likeness (QED) is 0.849. The molecule has 0 saturated carbocycles. The third kappa shape index (κ3) is 3.55. The van der Waals surface area contributed by atoms with Crippen molar-refractivity contribution >= 4 is 32.8 Å². The Kier molecular flexibility index (Phi) is 5.09. The average Bonchev–Trinajstić information content (AvgIpc) is 2.42. The van der Waals surface area contributed by atoms with E-state index in [1.165, 1.54) is 0 Å². The van der Waals surface area contributed by atoms with Gasteiger partial charge >= 0.3 is 5.97 Å². The standard InChI is InChI=1S/C15H17BrN2O2/c1-2-4-13(15(19)20)18-9-11-8-12(16)7-10-5-3-6-17-14(10)11/h3,5-8,13,18H,2,4,9H2,1H3,(H,19,20). The van der Waals surface area contributed by atoms with Crippen molar-refractivity contribution in [1.29, 1.82) is 0 Å². The number of fused-ring (bicyclic) bond motifs is 1. The number of benzene rings is 1. The molecule has 4 nitrogen and oxygen atoms in total. The van der Waals surface area contributed by atoms with Crippen molar-refractivity contribution in [3.8, 4) is 0 Å². The van der Waals surface area contributed by atoms with E-state index >= 15 is 0 Å². The zero-order valence-corrected chi connectivity index (χ0v) is 12.9. The summed E-state index contributed by atoms with van der Waals surface area (Å²) >= 11 is 3.48. The number of rotatable bonds is 6. The molecule has 2 rings (SSSR count). The highest BCUT2D eigenvalue weighted by atomic mass is 79.9. The summed E-state index contributed by atoms with van der Waals surface area (Å²) in [6.45, 7) is 2.47. The SMILES string of the molecule is CCCC(NCc1cc(Br)cc2cccnc12)C(=O)O. The number of carboxylic acids is 1. The maximum Gasteiger partial charge on any atom is 0.320 e. The summed E-state index contributed by atoms with van der Waals surface area (Å²) in [5, 5.41) is 13.3. The van der Waals surface area contributed by atoms with Crippen LogP contribution in [0.1, 0.15) is 25.3 Å². The normalized spacial score (nSPS) is 12.5. The van der Waals surface area contributed by atoms with E-state index in [2.05, 4.69) is 26.2 Å². The van der Waals surface area contributed by atoms with Crippen LogP contribution in [0.25, 0.3) is 10.9 Å². The first-order valence-electron chi connectivity index (χ1n) is 6.61. The van der Waals surface area contributed by atoms with Crippen LogP contribution in [0, 0.1) is 0 Å². The Balaban J connectivity index is 2.22. The highest BCUT2D eigenvalue weighted by Crippen LogP contribution is 2.22. The smallest absolute Gasteiger partial charge is 0.320 e. The monoisotopic (exact) mass is 336 g/mol. The van der Waals surface area contributed by atoms with E-state index in [9.17, 15) is 4.79 Å². The fourth-order valence-electron chi connectivity index (χ4n) is 2.20. The number of nitrogens with zero attached hydrogens (tertiary/aromatic N) is 1. The molecule has 5 heteroatoms. The van der Waals surface area contributed by atoms with E-state index in [0.717, 1.165) is 27.4 Å². The van der Waals surface area contributed by atoms with E-state index in [4.69, 9.17) is 5.11 Å². The minimum Gasteiger partial charge on any atom is -0.480 e. The third-order valence-corrected chi connectivity index (χ3v) is 3.62. The number of aliphatic carboxylic acids is 1. The summed E-state index contributed by atoms with van der Waals surface area (Å²) in [5.74, 6) is -0.806. The molecule has 106 valence electrons. The lowest BCUT2D eigenvalue weighted by Gasteiger charge is -2.14. The number of halogens is 1. The predicted molar refractivity (Wildman–Crippen MR) is 82.6 cm³/mol. The number of carboxylic acid groups (broad SMARTS) is 1. The molecule has 0 bridgehead atoms. The lowest BCUT2D eigenvalue weighted by atomic mass is 10.1. The molecule has 20 heavy (non-hydrogen) atoms. The van der Waals surface area contributed by atoms with Gasteiger partial charge in [0.2, 0.25) is 0 Å². The molecular formula is C15H17BrN2O2. The fraction of sp³-hybridized carbons (Fsp3) is 0.333. The Morgan fingerprint density at radius 3 is 3.00 bits per heavy atom. The summed E-state index contributed by atoms with van der Waals surface area (Å²) in [6, 6.07) is 7.36. The minimum atomic E-state index is -0.806. The van der Waals surface area contributed by atoms with Gasteiger partial charge in [0.15, 0.2) is 0 Å². The van der Waals surface area contributed by atoms with Crippen molar-refractivity contribution in [2.75, 3.05) is 0 Å². The van der Waals surface area contributed by atoms with Crippen LogP contribution in [0.3, 0.4) is 0 Å². The van der Waals surface area contributed by atoms with E-state index < -0.39 is 12.0 Å². The Morgan fingerprint density at radius 2 is 2.30 bits per heavy atom. The lowest BCUT2D eigenvalue weighted by Crippen LogP contribution is -2.36. The molecule has 1 aromatic heterocycles. The molecule has 0 fully saturated rings. The van der Waals surface area contributed by atoms with Crippen molar-refractivity contribution < 1.29 is 9.90 Å². The van der Waals surface area contributed by atoms with Gasteiger partial charge in [0.1, 0.15) is 6.04 Å². The van der Waals surface area contributed by atoms with Gasteiger partial charge in [0.25, 0.3) is 0 Å². The average molecular weight is 337 g/mol. The third-order valence-electron chi connectivity index (χ3n) is 3.16. The lowest BCUT2D eigenvalue weighted by molar-refractivity contribution is -0.139. The molecule has 0 amide bonds. The molecular weight excluding hydrogens is 320 g/mol. The fourth-order valence-corrected chi connectivity index (χ4v) is 2.72. The molecule has 1 heterocycles. The molecule has 0 saturated heterocycles.